The highest BCUT2D eigenvalue weighted by Gasteiger charge is 2.75. The van der Waals surface area contributed by atoms with E-state index in [9.17, 15) is 27.6 Å². The van der Waals surface area contributed by atoms with Crippen molar-refractivity contribution in [1.82, 2.24) is 9.80 Å². The molecule has 2 heterocycles. The number of hydrogen-bond donors (Lipinski definition) is 0. The third-order valence-corrected chi connectivity index (χ3v) is 10.7. The van der Waals surface area contributed by atoms with Gasteiger partial charge in [0, 0.05) is 39.1 Å². The third-order valence-electron chi connectivity index (χ3n) is 10.7. The van der Waals surface area contributed by atoms with Crippen molar-refractivity contribution >= 4 is 23.9 Å². The molecule has 2 aliphatic heterocycles. The van der Waals surface area contributed by atoms with Crippen molar-refractivity contribution in [2.24, 2.45) is 5.92 Å². The Balaban J connectivity index is 1.28. The van der Waals surface area contributed by atoms with Crippen molar-refractivity contribution in [3.05, 3.63) is 64.7 Å². The summed E-state index contributed by atoms with van der Waals surface area (Å²) in [5, 5.41) is 0. The number of piperidine rings is 1. The molecule has 5 aliphatic rings. The van der Waals surface area contributed by atoms with Crippen molar-refractivity contribution < 1.29 is 41.8 Å². The lowest BCUT2D eigenvalue weighted by atomic mass is 9.48. The van der Waals surface area contributed by atoms with Crippen LogP contribution in [0, 0.1) is 5.92 Å². The molecular formula is C35H37F3N2O6. The zero-order valence-electron chi connectivity index (χ0n) is 26.1. The van der Waals surface area contributed by atoms with Crippen LogP contribution in [0.15, 0.2) is 42.5 Å². The van der Waals surface area contributed by atoms with Gasteiger partial charge in [-0.1, -0.05) is 18.2 Å². The van der Waals surface area contributed by atoms with E-state index in [1.54, 1.807) is 18.0 Å². The number of nitrogens with zero attached hydrogens (tertiary/aromatic N) is 2. The molecule has 2 aromatic carbocycles. The van der Waals surface area contributed by atoms with Gasteiger partial charge in [-0.3, -0.25) is 19.3 Å². The number of likely N-dealkylation sites (N-methyl/N-ethyl adjacent to an activating group) is 1. The second-order valence-corrected chi connectivity index (χ2v) is 13.4. The van der Waals surface area contributed by atoms with Crippen molar-refractivity contribution in [2.45, 2.75) is 87.8 Å². The Labute approximate surface area is 265 Å². The van der Waals surface area contributed by atoms with Gasteiger partial charge in [0.15, 0.2) is 11.5 Å². The molecule has 1 amide bonds. The Kier molecular flexibility index (Phi) is 7.26. The Bertz CT molecular complexity index is 1640. The van der Waals surface area contributed by atoms with Gasteiger partial charge in [0.25, 0.3) is 0 Å². The van der Waals surface area contributed by atoms with Crippen LogP contribution in [0.2, 0.25) is 0 Å². The predicted octanol–water partition coefficient (Wildman–Crippen LogP) is 5.31. The summed E-state index contributed by atoms with van der Waals surface area (Å²) in [6.07, 6.45) is 2.17. The van der Waals surface area contributed by atoms with Crippen molar-refractivity contribution in [2.75, 3.05) is 20.1 Å². The maximum atomic E-state index is 13.6. The molecule has 2 bridgehead atoms. The van der Waals surface area contributed by atoms with E-state index in [-0.39, 0.29) is 17.6 Å². The molecule has 0 unspecified atom stereocenters. The fourth-order valence-corrected chi connectivity index (χ4v) is 8.78. The summed E-state index contributed by atoms with van der Waals surface area (Å²) in [5.74, 6) is 0.119. The zero-order chi connectivity index (χ0) is 32.6. The predicted molar refractivity (Wildman–Crippen MR) is 161 cm³/mol. The van der Waals surface area contributed by atoms with Gasteiger partial charge in [0.05, 0.1) is 23.1 Å². The van der Waals surface area contributed by atoms with Crippen LogP contribution in [0.25, 0.3) is 6.08 Å². The number of benzene rings is 2. The summed E-state index contributed by atoms with van der Waals surface area (Å²) < 4.78 is 58.7. The van der Waals surface area contributed by atoms with Crippen LogP contribution in [0.3, 0.4) is 0 Å². The number of esters is 2. The van der Waals surface area contributed by atoms with Gasteiger partial charge >= 0.3 is 18.1 Å². The summed E-state index contributed by atoms with van der Waals surface area (Å²) in [6.45, 7) is 4.46. The molecule has 3 aliphatic carbocycles. The molecule has 7 rings (SSSR count). The lowest BCUT2D eigenvalue weighted by Crippen LogP contribution is -2.79. The summed E-state index contributed by atoms with van der Waals surface area (Å²) in [7, 11) is 1.67. The maximum Gasteiger partial charge on any atom is 0.416 e. The lowest BCUT2D eigenvalue weighted by molar-refractivity contribution is -0.223. The second-order valence-electron chi connectivity index (χ2n) is 13.4. The third kappa shape index (κ3) is 4.80. The smallest absolute Gasteiger partial charge is 0.416 e. The van der Waals surface area contributed by atoms with Crippen molar-refractivity contribution in [3.8, 4) is 11.5 Å². The highest BCUT2D eigenvalue weighted by atomic mass is 19.4. The first-order valence-electron chi connectivity index (χ1n) is 15.9. The van der Waals surface area contributed by atoms with Crippen LogP contribution in [0.4, 0.5) is 13.2 Å². The number of hydrogen-bond acceptors (Lipinski definition) is 7. The second kappa shape index (κ2) is 10.9. The van der Waals surface area contributed by atoms with Gasteiger partial charge in [-0.05, 0) is 86.4 Å². The van der Waals surface area contributed by atoms with Crippen LogP contribution in [0.1, 0.15) is 68.2 Å². The topological polar surface area (TPSA) is 85.4 Å². The van der Waals surface area contributed by atoms with E-state index < -0.39 is 46.8 Å². The number of amides is 1. The summed E-state index contributed by atoms with van der Waals surface area (Å²) in [5.41, 5.74) is -0.306. The monoisotopic (exact) mass is 638 g/mol. The van der Waals surface area contributed by atoms with Gasteiger partial charge in [-0.2, -0.15) is 13.2 Å². The standard InChI is InChI=1S/C35H37F3N2O6/c1-20(41)44-27-11-10-24-18-28-34(46-21(2)42)14-13-26(39(3)29(43)12-9-22-5-4-6-25(17-22)35(36,37)38)32-33(34,30(24)31(27)45-32)15-16-40(28)19-23-7-8-23/h4-6,9-12,17,23,26,28,32H,7-8,13-16,18-19H2,1-3H3/t26-,28-,32+,33+,34-/m1/s1. The van der Waals surface area contributed by atoms with Gasteiger partial charge < -0.3 is 19.1 Å². The number of carbonyl (C=O) groups excluding carboxylic acids is 3. The maximum absolute atomic E-state index is 13.6. The quantitative estimate of drug-likeness (QED) is 0.231. The van der Waals surface area contributed by atoms with E-state index in [0.717, 1.165) is 36.3 Å². The molecule has 0 aromatic heterocycles. The molecule has 244 valence electrons. The van der Waals surface area contributed by atoms with E-state index in [4.69, 9.17) is 14.2 Å². The molecule has 46 heavy (non-hydrogen) atoms. The van der Waals surface area contributed by atoms with Crippen LogP contribution in [-0.2, 0) is 37.1 Å². The molecule has 11 heteroatoms. The van der Waals surface area contributed by atoms with Crippen LogP contribution >= 0.6 is 0 Å². The first kappa shape index (κ1) is 30.8. The molecule has 3 fully saturated rings. The fraction of sp³-hybridized carbons (Fsp3) is 0.514. The van der Waals surface area contributed by atoms with Crippen molar-refractivity contribution in [3.63, 3.8) is 0 Å². The molecule has 8 nitrogen and oxygen atoms in total. The minimum absolute atomic E-state index is 0.0855. The number of ether oxygens (including phenoxy) is 3. The normalized spacial score (nSPS) is 29.6. The van der Waals surface area contributed by atoms with Crippen LogP contribution in [-0.4, -0.2) is 71.6 Å². The number of carbonyl (C=O) groups is 3. The van der Waals surface area contributed by atoms with E-state index in [1.807, 2.05) is 6.07 Å². The zero-order valence-corrected chi connectivity index (χ0v) is 26.1. The lowest BCUT2D eigenvalue weighted by Gasteiger charge is -2.65. The van der Waals surface area contributed by atoms with Crippen LogP contribution in [0.5, 0.6) is 11.5 Å². The molecule has 1 spiro atoms. The molecule has 0 radical (unpaired) electrons. The number of rotatable bonds is 7. The average molecular weight is 639 g/mol. The Morgan fingerprint density at radius 2 is 1.87 bits per heavy atom. The van der Waals surface area contributed by atoms with Gasteiger partial charge in [0.2, 0.25) is 5.91 Å². The highest BCUT2D eigenvalue weighted by molar-refractivity contribution is 5.92. The Morgan fingerprint density at radius 1 is 1.09 bits per heavy atom. The number of alkyl halides is 3. The first-order chi connectivity index (χ1) is 21.8. The van der Waals surface area contributed by atoms with Gasteiger partial charge in [-0.25, -0.2) is 0 Å². The van der Waals surface area contributed by atoms with Crippen molar-refractivity contribution in [1.29, 1.82) is 0 Å². The minimum atomic E-state index is -4.49. The van der Waals surface area contributed by atoms with E-state index in [2.05, 4.69) is 4.90 Å². The van der Waals surface area contributed by atoms with E-state index in [1.165, 1.54) is 51.0 Å². The minimum Gasteiger partial charge on any atom is -0.483 e. The van der Waals surface area contributed by atoms with Gasteiger partial charge in [0.1, 0.15) is 11.7 Å². The summed E-state index contributed by atoms with van der Waals surface area (Å²) >= 11 is 0. The Morgan fingerprint density at radius 3 is 2.57 bits per heavy atom. The molecule has 5 atom stereocenters. The number of halogens is 3. The van der Waals surface area contributed by atoms with Gasteiger partial charge in [-0.15, -0.1) is 0 Å². The molecule has 0 N–H and O–H groups in total. The SMILES string of the molecule is CC(=O)Oc1ccc2c3c1O[C@H]1[C@H](N(C)C(=O)C=Cc4cccc(C(F)(F)F)c4)CC[C@@]4(OC(C)=O)[C@@H](C2)N(CC2CC2)CC[C@]314. The molecule has 2 aromatic rings. The van der Waals surface area contributed by atoms with E-state index in [0.29, 0.717) is 43.1 Å². The fourth-order valence-electron chi connectivity index (χ4n) is 8.78. The van der Waals surface area contributed by atoms with Crippen LogP contribution < -0.4 is 9.47 Å². The molecule has 1 saturated heterocycles. The first-order valence-corrected chi connectivity index (χ1v) is 15.9. The summed E-state index contributed by atoms with van der Waals surface area (Å²) in [6, 6.07) is 8.00. The molecular weight excluding hydrogens is 601 g/mol. The summed E-state index contributed by atoms with van der Waals surface area (Å²) in [4.78, 5) is 42.7. The average Bonchev–Trinajstić information content (AvgIpc) is 3.74. The largest absolute Gasteiger partial charge is 0.483 e. The highest BCUT2D eigenvalue weighted by Crippen LogP contribution is 2.67. The molecule has 2 saturated carbocycles. The Hall–Kier alpha value is -3.86. The van der Waals surface area contributed by atoms with E-state index >= 15 is 0 Å². The number of likely N-dealkylation sites (tertiary alicyclic amines) is 1.